The molecule has 0 aromatic heterocycles. The summed E-state index contributed by atoms with van der Waals surface area (Å²) < 4.78 is 25.2. The number of rotatable bonds is 6. The van der Waals surface area contributed by atoms with E-state index in [-0.39, 0.29) is 25.0 Å². The van der Waals surface area contributed by atoms with Crippen LogP contribution in [0.4, 0.5) is 0 Å². The molecule has 1 aliphatic heterocycles. The molecule has 0 aliphatic carbocycles. The smallest absolute Gasteiger partial charge is 0.303 e. The molecule has 0 aromatic rings. The van der Waals surface area contributed by atoms with Gasteiger partial charge in [-0.05, 0) is 6.42 Å². The number of amides is 2. The molecule has 0 spiro atoms. The second-order valence-corrected chi connectivity index (χ2v) is 5.86. The van der Waals surface area contributed by atoms with Gasteiger partial charge in [0.1, 0.15) is 6.04 Å². The van der Waals surface area contributed by atoms with Crippen molar-refractivity contribution in [3.63, 3.8) is 0 Å². The lowest BCUT2D eigenvalue weighted by atomic mass is 10.3. The zero-order chi connectivity index (χ0) is 13.9. The highest BCUT2D eigenvalue weighted by Crippen LogP contribution is 2.11. The molecule has 0 radical (unpaired) electrons. The van der Waals surface area contributed by atoms with Crippen molar-refractivity contribution in [2.24, 2.45) is 0 Å². The van der Waals surface area contributed by atoms with Gasteiger partial charge in [-0.3, -0.25) is 19.3 Å². The molecular weight excluding hydrogens is 264 g/mol. The van der Waals surface area contributed by atoms with Crippen molar-refractivity contribution >= 4 is 27.8 Å². The number of carbonyl (C=O) groups is 3. The number of carboxylic acid groups (broad SMARTS) is 1. The molecule has 1 atom stereocenters. The number of likely N-dealkylation sites (N-methyl/N-ethyl adjacent to an activating group) is 1. The number of nitrogens with one attached hydrogen (secondary N) is 1. The second kappa shape index (κ2) is 5.44. The summed E-state index contributed by atoms with van der Waals surface area (Å²) in [5.41, 5.74) is 0. The number of carboxylic acids is 1. The van der Waals surface area contributed by atoms with Gasteiger partial charge in [0.25, 0.3) is 0 Å². The highest BCUT2D eigenvalue weighted by molar-refractivity contribution is 7.89. The molecule has 1 aliphatic rings. The molecule has 0 bridgehead atoms. The predicted molar refractivity (Wildman–Crippen MR) is 60.0 cm³/mol. The van der Waals surface area contributed by atoms with Crippen molar-refractivity contribution in [1.29, 1.82) is 0 Å². The SMILES string of the molecule is CN1C(=O)CC(NS(=O)(=O)CCCC(=O)O)C1=O. The maximum Gasteiger partial charge on any atom is 0.303 e. The van der Waals surface area contributed by atoms with Crippen LogP contribution in [-0.4, -0.2) is 55.1 Å². The number of carbonyl (C=O) groups excluding carboxylic acids is 2. The van der Waals surface area contributed by atoms with Gasteiger partial charge in [-0.25, -0.2) is 13.1 Å². The Morgan fingerprint density at radius 2 is 2.11 bits per heavy atom. The monoisotopic (exact) mass is 278 g/mol. The Kier molecular flexibility index (Phi) is 4.41. The molecule has 1 rings (SSSR count). The topological polar surface area (TPSA) is 121 Å². The molecule has 1 heterocycles. The van der Waals surface area contributed by atoms with E-state index in [1.54, 1.807) is 0 Å². The van der Waals surface area contributed by atoms with E-state index in [0.717, 1.165) is 4.90 Å². The largest absolute Gasteiger partial charge is 0.481 e. The molecule has 2 amide bonds. The summed E-state index contributed by atoms with van der Waals surface area (Å²) in [6.45, 7) is 0. The number of hydrogen-bond acceptors (Lipinski definition) is 5. The molecule has 18 heavy (non-hydrogen) atoms. The van der Waals surface area contributed by atoms with Gasteiger partial charge in [-0.2, -0.15) is 0 Å². The normalized spacial score (nSPS) is 20.5. The Labute approximate surface area is 104 Å². The first-order valence-electron chi connectivity index (χ1n) is 5.25. The molecule has 0 aromatic carbocycles. The molecule has 9 heteroatoms. The van der Waals surface area contributed by atoms with Gasteiger partial charge in [-0.15, -0.1) is 0 Å². The van der Waals surface area contributed by atoms with Crippen LogP contribution in [0.25, 0.3) is 0 Å². The van der Waals surface area contributed by atoms with Gasteiger partial charge < -0.3 is 5.11 Å². The van der Waals surface area contributed by atoms with Gasteiger partial charge >= 0.3 is 5.97 Å². The van der Waals surface area contributed by atoms with E-state index in [1.165, 1.54) is 7.05 Å². The first-order valence-corrected chi connectivity index (χ1v) is 6.90. The number of nitrogens with zero attached hydrogens (tertiary/aromatic N) is 1. The molecule has 1 unspecified atom stereocenters. The Morgan fingerprint density at radius 1 is 1.50 bits per heavy atom. The zero-order valence-electron chi connectivity index (χ0n) is 9.75. The van der Waals surface area contributed by atoms with Crippen LogP contribution in [-0.2, 0) is 24.4 Å². The molecule has 1 fully saturated rings. The van der Waals surface area contributed by atoms with Crippen LogP contribution in [0.1, 0.15) is 19.3 Å². The summed E-state index contributed by atoms with van der Waals surface area (Å²) in [5, 5.41) is 8.39. The number of sulfonamides is 1. The minimum Gasteiger partial charge on any atom is -0.481 e. The van der Waals surface area contributed by atoms with Gasteiger partial charge in [0.15, 0.2) is 0 Å². The highest BCUT2D eigenvalue weighted by Gasteiger charge is 2.38. The van der Waals surface area contributed by atoms with E-state index >= 15 is 0 Å². The minimum absolute atomic E-state index is 0.0463. The average Bonchev–Trinajstić information content (AvgIpc) is 2.45. The average molecular weight is 278 g/mol. The van der Waals surface area contributed by atoms with Crippen LogP contribution in [0.15, 0.2) is 0 Å². The quantitative estimate of drug-likeness (QED) is 0.572. The van der Waals surface area contributed by atoms with E-state index in [2.05, 4.69) is 4.72 Å². The molecule has 8 nitrogen and oxygen atoms in total. The maximum absolute atomic E-state index is 11.5. The number of likely N-dealkylation sites (tertiary alicyclic amines) is 1. The summed E-state index contributed by atoms with van der Waals surface area (Å²) in [4.78, 5) is 33.7. The second-order valence-electron chi connectivity index (χ2n) is 3.98. The highest BCUT2D eigenvalue weighted by atomic mass is 32.2. The van der Waals surface area contributed by atoms with E-state index < -0.39 is 33.8 Å². The first-order chi connectivity index (χ1) is 8.23. The summed E-state index contributed by atoms with van der Waals surface area (Å²) in [6.07, 6.45) is -0.513. The van der Waals surface area contributed by atoms with Crippen LogP contribution in [0.2, 0.25) is 0 Å². The molecule has 2 N–H and O–H groups in total. The predicted octanol–water partition coefficient (Wildman–Crippen LogP) is -1.47. The van der Waals surface area contributed by atoms with Crippen LogP contribution >= 0.6 is 0 Å². The zero-order valence-corrected chi connectivity index (χ0v) is 10.6. The van der Waals surface area contributed by atoms with Crippen molar-refractivity contribution in [2.45, 2.75) is 25.3 Å². The third-order valence-electron chi connectivity index (χ3n) is 2.51. The molecule has 102 valence electrons. The van der Waals surface area contributed by atoms with Gasteiger partial charge in [0.2, 0.25) is 21.8 Å². The Bertz CT molecular complexity index is 471. The van der Waals surface area contributed by atoms with Crippen molar-refractivity contribution < 1.29 is 27.9 Å². The van der Waals surface area contributed by atoms with E-state index in [4.69, 9.17) is 5.11 Å². The van der Waals surface area contributed by atoms with Crippen LogP contribution in [0.5, 0.6) is 0 Å². The third kappa shape index (κ3) is 3.77. The van der Waals surface area contributed by atoms with Crippen LogP contribution < -0.4 is 4.72 Å². The fourth-order valence-electron chi connectivity index (χ4n) is 1.54. The van der Waals surface area contributed by atoms with Crippen LogP contribution in [0.3, 0.4) is 0 Å². The summed E-state index contributed by atoms with van der Waals surface area (Å²) in [7, 11) is -2.47. The van der Waals surface area contributed by atoms with Gasteiger partial charge in [0.05, 0.1) is 12.2 Å². The van der Waals surface area contributed by atoms with Gasteiger partial charge in [-0.1, -0.05) is 0 Å². The Hall–Kier alpha value is -1.48. The lowest BCUT2D eigenvalue weighted by Gasteiger charge is -2.11. The summed E-state index contributed by atoms with van der Waals surface area (Å²) in [6, 6.07) is -1.07. The van der Waals surface area contributed by atoms with Crippen molar-refractivity contribution in [1.82, 2.24) is 9.62 Å². The fourth-order valence-corrected chi connectivity index (χ4v) is 2.80. The summed E-state index contributed by atoms with van der Waals surface area (Å²) >= 11 is 0. The van der Waals surface area contributed by atoms with E-state index in [0.29, 0.717) is 0 Å². The third-order valence-corrected chi connectivity index (χ3v) is 3.98. The number of aliphatic carboxylic acids is 1. The van der Waals surface area contributed by atoms with Crippen molar-refractivity contribution in [3.8, 4) is 0 Å². The number of imide groups is 1. The lowest BCUT2D eigenvalue weighted by Crippen LogP contribution is -2.41. The van der Waals surface area contributed by atoms with Crippen molar-refractivity contribution in [2.75, 3.05) is 12.8 Å². The Morgan fingerprint density at radius 3 is 2.56 bits per heavy atom. The molecular formula is C9H14N2O6S. The van der Waals surface area contributed by atoms with Gasteiger partial charge in [0, 0.05) is 13.5 Å². The summed E-state index contributed by atoms with van der Waals surface area (Å²) in [5.74, 6) is -2.52. The first kappa shape index (κ1) is 14.6. The lowest BCUT2D eigenvalue weighted by molar-refractivity contribution is -0.138. The van der Waals surface area contributed by atoms with E-state index in [9.17, 15) is 22.8 Å². The van der Waals surface area contributed by atoms with Crippen LogP contribution in [0, 0.1) is 0 Å². The molecule has 1 saturated heterocycles. The standard InChI is InChI=1S/C9H14N2O6S/c1-11-7(12)5-6(9(11)15)10-18(16,17)4-2-3-8(13)14/h6,10H,2-5H2,1H3,(H,13,14). The number of hydrogen-bond donors (Lipinski definition) is 2. The van der Waals surface area contributed by atoms with Crippen molar-refractivity contribution in [3.05, 3.63) is 0 Å². The minimum atomic E-state index is -3.75. The maximum atomic E-state index is 11.5. The fraction of sp³-hybridized carbons (Fsp3) is 0.667. The Balaban J connectivity index is 2.54. The molecule has 0 saturated carbocycles. The van der Waals surface area contributed by atoms with E-state index in [1.807, 2.05) is 0 Å².